The van der Waals surface area contributed by atoms with Gasteiger partial charge in [-0.15, -0.1) is 0 Å². The number of benzene rings is 1. The van der Waals surface area contributed by atoms with Crippen molar-refractivity contribution in [1.29, 1.82) is 0 Å². The summed E-state index contributed by atoms with van der Waals surface area (Å²) in [5.74, 6) is 0.844. The topological polar surface area (TPSA) is 34.2 Å². The standard InChI is InChI=1S/C12H13BrN2OS/c1-3-14-12-15-7-11(17-12)9-5-4-8(16-2)6-10(9)13/h4-7H,3H2,1-2H3,(H,14,15). The highest BCUT2D eigenvalue weighted by atomic mass is 79.9. The third-order valence-electron chi connectivity index (χ3n) is 2.28. The first-order valence-electron chi connectivity index (χ1n) is 5.28. The van der Waals surface area contributed by atoms with E-state index in [9.17, 15) is 0 Å². The zero-order valence-corrected chi connectivity index (χ0v) is 12.1. The van der Waals surface area contributed by atoms with Crippen LogP contribution in [0.3, 0.4) is 0 Å². The summed E-state index contributed by atoms with van der Waals surface area (Å²) >= 11 is 5.20. The predicted molar refractivity (Wildman–Crippen MR) is 76.0 cm³/mol. The van der Waals surface area contributed by atoms with E-state index in [2.05, 4.69) is 33.2 Å². The Morgan fingerprint density at radius 1 is 1.47 bits per heavy atom. The number of aromatic nitrogens is 1. The van der Waals surface area contributed by atoms with Crippen molar-refractivity contribution in [3.63, 3.8) is 0 Å². The average Bonchev–Trinajstić information content (AvgIpc) is 2.78. The van der Waals surface area contributed by atoms with Crippen LogP contribution in [-0.2, 0) is 0 Å². The van der Waals surface area contributed by atoms with Crippen LogP contribution in [-0.4, -0.2) is 18.6 Å². The number of nitrogens with one attached hydrogen (secondary N) is 1. The number of hydrogen-bond donors (Lipinski definition) is 1. The van der Waals surface area contributed by atoms with Crippen molar-refractivity contribution in [1.82, 2.24) is 4.98 Å². The lowest BCUT2D eigenvalue weighted by molar-refractivity contribution is 0.414. The van der Waals surface area contributed by atoms with Crippen LogP contribution in [0.4, 0.5) is 5.13 Å². The molecule has 0 aliphatic rings. The first-order valence-corrected chi connectivity index (χ1v) is 6.89. The van der Waals surface area contributed by atoms with Gasteiger partial charge in [-0.3, -0.25) is 0 Å². The molecule has 5 heteroatoms. The van der Waals surface area contributed by atoms with Gasteiger partial charge >= 0.3 is 0 Å². The molecule has 2 rings (SSSR count). The number of thiazole rings is 1. The van der Waals surface area contributed by atoms with Crippen LogP contribution in [0, 0.1) is 0 Å². The molecular formula is C12H13BrN2OS. The predicted octanol–water partition coefficient (Wildman–Crippen LogP) is 4.01. The van der Waals surface area contributed by atoms with Crippen molar-refractivity contribution in [3.05, 3.63) is 28.9 Å². The monoisotopic (exact) mass is 312 g/mol. The van der Waals surface area contributed by atoms with Crippen LogP contribution in [0.1, 0.15) is 6.92 Å². The molecule has 90 valence electrons. The molecule has 0 spiro atoms. The number of ether oxygens (including phenoxy) is 1. The Kier molecular flexibility index (Phi) is 4.02. The lowest BCUT2D eigenvalue weighted by Gasteiger charge is -2.04. The molecule has 3 nitrogen and oxygen atoms in total. The van der Waals surface area contributed by atoms with Gasteiger partial charge in [0.1, 0.15) is 5.75 Å². The molecule has 2 aromatic rings. The molecule has 0 fully saturated rings. The highest BCUT2D eigenvalue weighted by Gasteiger charge is 2.08. The largest absolute Gasteiger partial charge is 0.497 e. The molecule has 0 radical (unpaired) electrons. The summed E-state index contributed by atoms with van der Waals surface area (Å²) in [4.78, 5) is 5.46. The van der Waals surface area contributed by atoms with Gasteiger partial charge in [-0.25, -0.2) is 4.98 Å². The summed E-state index contributed by atoms with van der Waals surface area (Å²) in [6, 6.07) is 5.95. The quantitative estimate of drug-likeness (QED) is 0.926. The van der Waals surface area contributed by atoms with E-state index in [1.54, 1.807) is 18.4 Å². The van der Waals surface area contributed by atoms with Crippen molar-refractivity contribution in [3.8, 4) is 16.2 Å². The minimum atomic E-state index is 0.844. The van der Waals surface area contributed by atoms with Crippen LogP contribution in [0.5, 0.6) is 5.75 Å². The molecule has 1 N–H and O–H groups in total. The van der Waals surface area contributed by atoms with Crippen LogP contribution in [0.2, 0.25) is 0 Å². The van der Waals surface area contributed by atoms with Crippen molar-refractivity contribution in [2.75, 3.05) is 19.0 Å². The fourth-order valence-electron chi connectivity index (χ4n) is 1.45. The number of anilines is 1. The molecule has 1 aromatic heterocycles. The zero-order chi connectivity index (χ0) is 12.3. The molecule has 0 saturated carbocycles. The summed E-state index contributed by atoms with van der Waals surface area (Å²) in [7, 11) is 1.66. The summed E-state index contributed by atoms with van der Waals surface area (Å²) < 4.78 is 6.19. The van der Waals surface area contributed by atoms with Crippen molar-refractivity contribution in [2.24, 2.45) is 0 Å². The molecular weight excluding hydrogens is 300 g/mol. The van der Waals surface area contributed by atoms with E-state index in [1.807, 2.05) is 24.4 Å². The summed E-state index contributed by atoms with van der Waals surface area (Å²) in [5.41, 5.74) is 1.13. The van der Waals surface area contributed by atoms with E-state index >= 15 is 0 Å². The maximum atomic E-state index is 5.18. The van der Waals surface area contributed by atoms with E-state index in [0.717, 1.165) is 32.3 Å². The van der Waals surface area contributed by atoms with Gasteiger partial charge in [-0.05, 0) is 41.1 Å². The van der Waals surface area contributed by atoms with Gasteiger partial charge in [0, 0.05) is 22.8 Å². The molecule has 0 saturated heterocycles. The van der Waals surface area contributed by atoms with Crippen LogP contribution >= 0.6 is 27.3 Å². The third-order valence-corrected chi connectivity index (χ3v) is 3.92. The van der Waals surface area contributed by atoms with Gasteiger partial charge in [0.2, 0.25) is 0 Å². The van der Waals surface area contributed by atoms with E-state index in [0.29, 0.717) is 0 Å². The number of nitrogens with zero attached hydrogens (tertiary/aromatic N) is 1. The second-order valence-electron chi connectivity index (χ2n) is 3.41. The second kappa shape index (κ2) is 5.51. The molecule has 0 bridgehead atoms. The minimum absolute atomic E-state index is 0.844. The Labute approximate surface area is 113 Å². The molecule has 0 unspecified atom stereocenters. The highest BCUT2D eigenvalue weighted by molar-refractivity contribution is 9.10. The number of halogens is 1. The fourth-order valence-corrected chi connectivity index (χ4v) is 3.08. The van der Waals surface area contributed by atoms with Gasteiger partial charge in [0.15, 0.2) is 5.13 Å². The lowest BCUT2D eigenvalue weighted by Crippen LogP contribution is -1.94. The summed E-state index contributed by atoms with van der Waals surface area (Å²) in [5, 5.41) is 4.16. The smallest absolute Gasteiger partial charge is 0.183 e. The van der Waals surface area contributed by atoms with E-state index in [-0.39, 0.29) is 0 Å². The Bertz CT molecular complexity index is 513. The van der Waals surface area contributed by atoms with Crippen LogP contribution in [0.25, 0.3) is 10.4 Å². The van der Waals surface area contributed by atoms with E-state index in [4.69, 9.17) is 4.74 Å². The average molecular weight is 313 g/mol. The SMILES string of the molecule is CCNc1ncc(-c2ccc(OC)cc2Br)s1. The van der Waals surface area contributed by atoms with Gasteiger partial charge in [-0.2, -0.15) is 0 Å². The normalized spacial score (nSPS) is 10.3. The summed E-state index contributed by atoms with van der Waals surface area (Å²) in [6.07, 6.45) is 1.88. The third kappa shape index (κ3) is 2.79. The number of rotatable bonds is 4. The Morgan fingerprint density at radius 2 is 2.29 bits per heavy atom. The molecule has 0 amide bonds. The van der Waals surface area contributed by atoms with Gasteiger partial charge in [0.05, 0.1) is 12.0 Å². The lowest BCUT2D eigenvalue weighted by atomic mass is 10.2. The minimum Gasteiger partial charge on any atom is -0.497 e. The molecule has 0 atom stereocenters. The Morgan fingerprint density at radius 3 is 2.94 bits per heavy atom. The Balaban J connectivity index is 2.32. The molecule has 1 aromatic carbocycles. The van der Waals surface area contributed by atoms with Gasteiger partial charge < -0.3 is 10.1 Å². The van der Waals surface area contributed by atoms with Crippen LogP contribution in [0.15, 0.2) is 28.9 Å². The number of hydrogen-bond acceptors (Lipinski definition) is 4. The summed E-state index contributed by atoms with van der Waals surface area (Å²) in [6.45, 7) is 2.95. The molecule has 0 aliphatic heterocycles. The molecule has 17 heavy (non-hydrogen) atoms. The maximum absolute atomic E-state index is 5.18. The van der Waals surface area contributed by atoms with E-state index < -0.39 is 0 Å². The van der Waals surface area contributed by atoms with E-state index in [1.165, 1.54) is 0 Å². The fraction of sp³-hybridized carbons (Fsp3) is 0.250. The Hall–Kier alpha value is -1.07. The second-order valence-corrected chi connectivity index (χ2v) is 5.29. The van der Waals surface area contributed by atoms with Crippen molar-refractivity contribution < 1.29 is 4.74 Å². The maximum Gasteiger partial charge on any atom is 0.183 e. The zero-order valence-electron chi connectivity index (χ0n) is 9.66. The van der Waals surface area contributed by atoms with Crippen LogP contribution < -0.4 is 10.1 Å². The van der Waals surface area contributed by atoms with Gasteiger partial charge in [-0.1, -0.05) is 11.3 Å². The number of methoxy groups -OCH3 is 1. The van der Waals surface area contributed by atoms with Crippen molar-refractivity contribution in [2.45, 2.75) is 6.92 Å². The first-order chi connectivity index (χ1) is 8.24. The molecule has 0 aliphatic carbocycles. The first kappa shape index (κ1) is 12.4. The molecule has 1 heterocycles. The highest BCUT2D eigenvalue weighted by Crippen LogP contribution is 2.35. The van der Waals surface area contributed by atoms with Crippen molar-refractivity contribution >= 4 is 32.4 Å². The van der Waals surface area contributed by atoms with Gasteiger partial charge in [0.25, 0.3) is 0 Å².